The minimum Gasteiger partial charge on any atom is -0.338 e. The van der Waals surface area contributed by atoms with E-state index in [9.17, 15) is 9.59 Å². The van der Waals surface area contributed by atoms with Crippen molar-refractivity contribution >= 4 is 23.1 Å². The molecule has 0 radical (unpaired) electrons. The molecule has 1 aliphatic rings. The molecule has 1 aliphatic heterocycles. The number of benzene rings is 1. The zero-order valence-corrected chi connectivity index (χ0v) is 14.4. The first-order valence-electron chi connectivity index (χ1n) is 8.52. The average molecular weight is 349 g/mol. The smallest absolute Gasteiger partial charge is 0.228 e. The van der Waals surface area contributed by atoms with E-state index in [0.717, 1.165) is 11.3 Å². The highest BCUT2D eigenvalue weighted by atomic mass is 16.2. The Labute approximate surface area is 150 Å². The Morgan fingerprint density at radius 2 is 1.92 bits per heavy atom. The molecule has 132 valence electrons. The van der Waals surface area contributed by atoms with Crippen molar-refractivity contribution in [2.24, 2.45) is 5.92 Å². The number of carbonyl (C=O) groups excluding carboxylic acids is 2. The van der Waals surface area contributed by atoms with Gasteiger partial charge in [-0.15, -0.1) is 10.2 Å². The van der Waals surface area contributed by atoms with Crippen LogP contribution < -0.4 is 4.90 Å². The molecule has 4 rings (SSSR count). The predicted octanol–water partition coefficient (Wildman–Crippen LogP) is 1.74. The summed E-state index contributed by atoms with van der Waals surface area (Å²) in [4.78, 5) is 28.5. The zero-order chi connectivity index (χ0) is 18.1. The molecule has 7 nitrogen and oxygen atoms in total. The maximum Gasteiger partial charge on any atom is 0.228 e. The minimum atomic E-state index is -0.341. The molecule has 0 spiro atoms. The van der Waals surface area contributed by atoms with Gasteiger partial charge in [0.15, 0.2) is 11.5 Å². The van der Waals surface area contributed by atoms with Crippen LogP contribution in [0.3, 0.4) is 0 Å². The molecular formula is C19H19N5O2. The van der Waals surface area contributed by atoms with Crippen molar-refractivity contribution in [3.05, 3.63) is 60.6 Å². The summed E-state index contributed by atoms with van der Waals surface area (Å²) >= 11 is 0. The lowest BCUT2D eigenvalue weighted by Crippen LogP contribution is -2.34. The number of carbonyl (C=O) groups is 2. The van der Waals surface area contributed by atoms with E-state index in [1.165, 1.54) is 0 Å². The van der Waals surface area contributed by atoms with Gasteiger partial charge in [-0.1, -0.05) is 24.3 Å². The van der Waals surface area contributed by atoms with Crippen LogP contribution >= 0.6 is 0 Å². The van der Waals surface area contributed by atoms with Crippen LogP contribution in [0.5, 0.6) is 0 Å². The van der Waals surface area contributed by atoms with Gasteiger partial charge in [0, 0.05) is 31.9 Å². The molecule has 1 aromatic carbocycles. The van der Waals surface area contributed by atoms with E-state index in [1.807, 2.05) is 59.1 Å². The van der Waals surface area contributed by atoms with Crippen LogP contribution in [0.4, 0.5) is 5.69 Å². The van der Waals surface area contributed by atoms with Gasteiger partial charge in [-0.25, -0.2) is 0 Å². The predicted molar refractivity (Wildman–Crippen MR) is 96.4 cm³/mol. The SMILES string of the molecule is CN(Cc1nnc2ccccn12)C(=O)[C@@H]1CC(=O)N(c2ccccc2)C1. The summed E-state index contributed by atoms with van der Waals surface area (Å²) in [7, 11) is 1.74. The lowest BCUT2D eigenvalue weighted by Gasteiger charge is -2.21. The van der Waals surface area contributed by atoms with Crippen molar-refractivity contribution in [2.75, 3.05) is 18.5 Å². The molecule has 1 fully saturated rings. The second kappa shape index (κ2) is 6.59. The topological polar surface area (TPSA) is 70.8 Å². The lowest BCUT2D eigenvalue weighted by atomic mass is 10.1. The fraction of sp³-hybridized carbons (Fsp3) is 0.263. The van der Waals surface area contributed by atoms with E-state index in [2.05, 4.69) is 10.2 Å². The van der Waals surface area contributed by atoms with Crippen LogP contribution in [0.2, 0.25) is 0 Å². The van der Waals surface area contributed by atoms with Gasteiger partial charge in [0.05, 0.1) is 12.5 Å². The van der Waals surface area contributed by atoms with Crippen molar-refractivity contribution in [1.29, 1.82) is 0 Å². The van der Waals surface area contributed by atoms with E-state index in [1.54, 1.807) is 16.8 Å². The number of amides is 2. The number of aromatic nitrogens is 3. The minimum absolute atomic E-state index is 0.0177. The van der Waals surface area contributed by atoms with Crippen LogP contribution in [0, 0.1) is 5.92 Å². The Bertz CT molecular complexity index is 953. The fourth-order valence-corrected chi connectivity index (χ4v) is 3.33. The van der Waals surface area contributed by atoms with E-state index in [-0.39, 0.29) is 24.2 Å². The number of hydrogen-bond donors (Lipinski definition) is 0. The van der Waals surface area contributed by atoms with Gasteiger partial charge in [-0.05, 0) is 24.3 Å². The second-order valence-corrected chi connectivity index (χ2v) is 6.48. The Kier molecular flexibility index (Phi) is 4.12. The number of fused-ring (bicyclic) bond motifs is 1. The Balaban J connectivity index is 1.47. The van der Waals surface area contributed by atoms with E-state index in [4.69, 9.17) is 0 Å². The van der Waals surface area contributed by atoms with Gasteiger partial charge in [0.25, 0.3) is 0 Å². The van der Waals surface area contributed by atoms with Gasteiger partial charge in [-0.2, -0.15) is 0 Å². The summed E-state index contributed by atoms with van der Waals surface area (Å²) < 4.78 is 1.86. The highest BCUT2D eigenvalue weighted by Crippen LogP contribution is 2.26. The van der Waals surface area contributed by atoms with E-state index >= 15 is 0 Å². The first kappa shape index (κ1) is 16.3. The zero-order valence-electron chi connectivity index (χ0n) is 14.4. The second-order valence-electron chi connectivity index (χ2n) is 6.48. The molecule has 0 aliphatic carbocycles. The van der Waals surface area contributed by atoms with Gasteiger partial charge in [0.1, 0.15) is 0 Å². The Hall–Kier alpha value is -3.22. The summed E-state index contributed by atoms with van der Waals surface area (Å²) in [5.41, 5.74) is 1.58. The monoisotopic (exact) mass is 349 g/mol. The van der Waals surface area contributed by atoms with Gasteiger partial charge < -0.3 is 9.80 Å². The molecule has 3 aromatic rings. The van der Waals surface area contributed by atoms with Crippen LogP contribution in [0.25, 0.3) is 5.65 Å². The van der Waals surface area contributed by atoms with Crippen molar-refractivity contribution in [3.8, 4) is 0 Å². The number of rotatable bonds is 4. The summed E-state index contributed by atoms with van der Waals surface area (Å²) in [6.45, 7) is 0.757. The normalized spacial score (nSPS) is 17.0. The maximum atomic E-state index is 12.8. The van der Waals surface area contributed by atoms with Crippen LogP contribution in [0.1, 0.15) is 12.2 Å². The molecule has 2 amide bonds. The van der Waals surface area contributed by atoms with E-state index < -0.39 is 0 Å². The third kappa shape index (κ3) is 2.92. The molecule has 0 unspecified atom stereocenters. The van der Waals surface area contributed by atoms with Crippen molar-refractivity contribution in [3.63, 3.8) is 0 Å². The number of hydrogen-bond acceptors (Lipinski definition) is 4. The molecule has 7 heteroatoms. The summed E-state index contributed by atoms with van der Waals surface area (Å²) in [5, 5.41) is 8.27. The molecule has 1 saturated heterocycles. The highest BCUT2D eigenvalue weighted by Gasteiger charge is 2.36. The van der Waals surface area contributed by atoms with Crippen molar-refractivity contribution < 1.29 is 9.59 Å². The number of anilines is 1. The number of pyridine rings is 1. The van der Waals surface area contributed by atoms with Gasteiger partial charge in [-0.3, -0.25) is 14.0 Å². The third-order valence-corrected chi connectivity index (χ3v) is 4.68. The summed E-state index contributed by atoms with van der Waals surface area (Å²) in [6.07, 6.45) is 2.11. The largest absolute Gasteiger partial charge is 0.338 e. The molecule has 0 N–H and O–H groups in total. The molecule has 1 atom stereocenters. The lowest BCUT2D eigenvalue weighted by molar-refractivity contribution is -0.135. The van der Waals surface area contributed by atoms with Gasteiger partial charge >= 0.3 is 0 Å². The molecule has 2 aromatic heterocycles. The standard InChI is InChI=1S/C19H19N5O2/c1-22(13-17-21-20-16-9-5-6-10-23(16)17)19(26)14-11-18(25)24(12-14)15-7-3-2-4-8-15/h2-10,14H,11-13H2,1H3/t14-/m1/s1. The first-order valence-corrected chi connectivity index (χ1v) is 8.52. The average Bonchev–Trinajstić information content (AvgIpc) is 3.26. The molecule has 0 bridgehead atoms. The quantitative estimate of drug-likeness (QED) is 0.719. The van der Waals surface area contributed by atoms with Crippen LogP contribution in [0.15, 0.2) is 54.7 Å². The molecular weight excluding hydrogens is 330 g/mol. The van der Waals surface area contributed by atoms with Crippen LogP contribution in [-0.2, 0) is 16.1 Å². The first-order chi connectivity index (χ1) is 12.6. The van der Waals surface area contributed by atoms with Crippen molar-refractivity contribution in [2.45, 2.75) is 13.0 Å². The highest BCUT2D eigenvalue weighted by molar-refractivity contribution is 6.00. The molecule has 0 saturated carbocycles. The Morgan fingerprint density at radius 1 is 1.15 bits per heavy atom. The fourth-order valence-electron chi connectivity index (χ4n) is 3.33. The maximum absolute atomic E-state index is 12.8. The summed E-state index contributed by atoms with van der Waals surface area (Å²) in [6, 6.07) is 15.1. The number of para-hydroxylation sites is 1. The Morgan fingerprint density at radius 3 is 2.73 bits per heavy atom. The summed E-state index contributed by atoms with van der Waals surface area (Å²) in [5.74, 6) is 0.285. The number of nitrogens with zero attached hydrogens (tertiary/aromatic N) is 5. The van der Waals surface area contributed by atoms with Crippen molar-refractivity contribution in [1.82, 2.24) is 19.5 Å². The van der Waals surface area contributed by atoms with Crippen LogP contribution in [-0.4, -0.2) is 44.9 Å². The van der Waals surface area contributed by atoms with Gasteiger partial charge in [0.2, 0.25) is 11.8 Å². The van der Waals surface area contributed by atoms with E-state index in [0.29, 0.717) is 18.9 Å². The third-order valence-electron chi connectivity index (χ3n) is 4.68. The molecule has 3 heterocycles. The molecule has 26 heavy (non-hydrogen) atoms.